The standard InChI is InChI=1S/C11H15ClFNOS/c1-8(14)5-6-16(15)7-9-3-2-4-10(13)11(9)12/h2-4,8H,5-7,14H2,1H3. The summed E-state index contributed by atoms with van der Waals surface area (Å²) < 4.78 is 24.7. The zero-order valence-electron chi connectivity index (χ0n) is 9.08. The van der Waals surface area contributed by atoms with E-state index >= 15 is 0 Å². The molecule has 0 aliphatic heterocycles. The fourth-order valence-corrected chi connectivity index (χ4v) is 2.86. The molecule has 0 radical (unpaired) electrons. The molecule has 1 rings (SSSR count). The molecule has 5 heteroatoms. The maximum Gasteiger partial charge on any atom is 0.142 e. The molecule has 2 nitrogen and oxygen atoms in total. The van der Waals surface area contributed by atoms with E-state index in [0.29, 0.717) is 17.7 Å². The van der Waals surface area contributed by atoms with Gasteiger partial charge >= 0.3 is 0 Å². The van der Waals surface area contributed by atoms with E-state index < -0.39 is 16.6 Å². The highest BCUT2D eigenvalue weighted by atomic mass is 35.5. The van der Waals surface area contributed by atoms with Gasteiger partial charge in [0.1, 0.15) is 5.82 Å². The van der Waals surface area contributed by atoms with E-state index in [-0.39, 0.29) is 16.8 Å². The topological polar surface area (TPSA) is 43.1 Å². The first kappa shape index (κ1) is 13.6. The number of hydrogen-bond acceptors (Lipinski definition) is 2. The highest BCUT2D eigenvalue weighted by Gasteiger charge is 2.09. The van der Waals surface area contributed by atoms with Crippen molar-refractivity contribution < 1.29 is 8.60 Å². The van der Waals surface area contributed by atoms with Crippen molar-refractivity contribution in [2.24, 2.45) is 5.73 Å². The average Bonchev–Trinajstić information content (AvgIpc) is 2.22. The molecule has 90 valence electrons. The van der Waals surface area contributed by atoms with E-state index in [1.165, 1.54) is 6.07 Å². The molecule has 0 aliphatic carbocycles. The van der Waals surface area contributed by atoms with Gasteiger partial charge in [-0.05, 0) is 25.0 Å². The minimum absolute atomic E-state index is 0.0342. The van der Waals surface area contributed by atoms with Crippen molar-refractivity contribution in [3.8, 4) is 0 Å². The third-order valence-electron chi connectivity index (χ3n) is 2.15. The summed E-state index contributed by atoms with van der Waals surface area (Å²) in [6.45, 7) is 1.87. The Morgan fingerprint density at radius 2 is 2.25 bits per heavy atom. The van der Waals surface area contributed by atoms with E-state index in [0.717, 1.165) is 0 Å². The van der Waals surface area contributed by atoms with Crippen molar-refractivity contribution >= 4 is 22.4 Å². The van der Waals surface area contributed by atoms with E-state index in [4.69, 9.17) is 17.3 Å². The highest BCUT2D eigenvalue weighted by Crippen LogP contribution is 2.21. The Balaban J connectivity index is 2.59. The molecule has 0 aromatic heterocycles. The van der Waals surface area contributed by atoms with E-state index in [9.17, 15) is 8.60 Å². The summed E-state index contributed by atoms with van der Waals surface area (Å²) in [7, 11) is -1.04. The molecule has 1 aromatic rings. The largest absolute Gasteiger partial charge is 0.328 e. The normalized spacial score (nSPS) is 14.8. The van der Waals surface area contributed by atoms with Crippen LogP contribution in [0.3, 0.4) is 0 Å². The molecule has 2 N–H and O–H groups in total. The van der Waals surface area contributed by atoms with Crippen LogP contribution in [0.4, 0.5) is 4.39 Å². The number of hydrogen-bond donors (Lipinski definition) is 1. The molecule has 0 amide bonds. The first-order valence-electron chi connectivity index (χ1n) is 5.04. The Labute approximate surface area is 102 Å². The van der Waals surface area contributed by atoms with Crippen LogP contribution >= 0.6 is 11.6 Å². The second-order valence-electron chi connectivity index (χ2n) is 3.77. The summed E-state index contributed by atoms with van der Waals surface area (Å²) in [5, 5.41) is 0.0663. The lowest BCUT2D eigenvalue weighted by Crippen LogP contribution is -2.18. The van der Waals surface area contributed by atoms with Gasteiger partial charge in [0.25, 0.3) is 0 Å². The maximum absolute atomic E-state index is 13.1. The molecule has 0 saturated heterocycles. The molecule has 0 fully saturated rings. The number of benzene rings is 1. The lowest BCUT2D eigenvalue weighted by molar-refractivity contribution is 0.626. The van der Waals surface area contributed by atoms with Gasteiger partial charge in [-0.3, -0.25) is 4.21 Å². The van der Waals surface area contributed by atoms with Crippen LogP contribution in [0.2, 0.25) is 5.02 Å². The molecule has 0 spiro atoms. The third-order valence-corrected chi connectivity index (χ3v) is 3.90. The second-order valence-corrected chi connectivity index (χ2v) is 5.72. The highest BCUT2D eigenvalue weighted by molar-refractivity contribution is 7.84. The number of nitrogens with two attached hydrogens (primary N) is 1. The minimum atomic E-state index is -1.04. The van der Waals surface area contributed by atoms with Crippen molar-refractivity contribution in [2.75, 3.05) is 5.75 Å². The van der Waals surface area contributed by atoms with Crippen molar-refractivity contribution in [1.29, 1.82) is 0 Å². The molecule has 1 aromatic carbocycles. The van der Waals surface area contributed by atoms with Gasteiger partial charge in [-0.1, -0.05) is 23.7 Å². The van der Waals surface area contributed by atoms with Gasteiger partial charge in [-0.2, -0.15) is 0 Å². The second kappa shape index (κ2) is 6.33. The quantitative estimate of drug-likeness (QED) is 0.887. The van der Waals surface area contributed by atoms with Crippen LogP contribution in [-0.2, 0) is 16.6 Å². The maximum atomic E-state index is 13.1. The number of halogens is 2. The van der Waals surface area contributed by atoms with Crippen LogP contribution in [0.5, 0.6) is 0 Å². The molecule has 16 heavy (non-hydrogen) atoms. The van der Waals surface area contributed by atoms with Gasteiger partial charge in [0.2, 0.25) is 0 Å². The van der Waals surface area contributed by atoms with E-state index in [2.05, 4.69) is 0 Å². The lowest BCUT2D eigenvalue weighted by Gasteiger charge is -2.07. The third kappa shape index (κ3) is 4.20. The summed E-state index contributed by atoms with van der Waals surface area (Å²) >= 11 is 5.77. The lowest BCUT2D eigenvalue weighted by atomic mass is 10.2. The SMILES string of the molecule is CC(N)CCS(=O)Cc1cccc(F)c1Cl. The smallest absolute Gasteiger partial charge is 0.142 e. The summed E-state index contributed by atoms with van der Waals surface area (Å²) in [5.41, 5.74) is 6.16. The Hall–Kier alpha value is -0.450. The molecule has 0 heterocycles. The van der Waals surface area contributed by atoms with Gasteiger partial charge in [-0.15, -0.1) is 0 Å². The minimum Gasteiger partial charge on any atom is -0.328 e. The Morgan fingerprint density at radius 3 is 2.88 bits per heavy atom. The van der Waals surface area contributed by atoms with Gasteiger partial charge in [0.05, 0.1) is 10.8 Å². The zero-order valence-corrected chi connectivity index (χ0v) is 10.7. The predicted molar refractivity (Wildman–Crippen MR) is 66.4 cm³/mol. The Kier molecular flexibility index (Phi) is 5.38. The van der Waals surface area contributed by atoms with Gasteiger partial charge in [-0.25, -0.2) is 4.39 Å². The number of rotatable bonds is 5. The van der Waals surface area contributed by atoms with Crippen molar-refractivity contribution in [2.45, 2.75) is 25.1 Å². The summed E-state index contributed by atoms with van der Waals surface area (Å²) in [6.07, 6.45) is 0.694. The fourth-order valence-electron chi connectivity index (χ4n) is 1.22. The van der Waals surface area contributed by atoms with Crippen LogP contribution in [0.1, 0.15) is 18.9 Å². The first-order chi connectivity index (χ1) is 7.50. The molecule has 2 atom stereocenters. The fraction of sp³-hybridized carbons (Fsp3) is 0.455. The van der Waals surface area contributed by atoms with E-state index in [1.54, 1.807) is 12.1 Å². The zero-order chi connectivity index (χ0) is 12.1. The van der Waals surface area contributed by atoms with Crippen LogP contribution < -0.4 is 5.73 Å². The Bertz CT molecular complexity index is 384. The van der Waals surface area contributed by atoms with Crippen LogP contribution in [0.15, 0.2) is 18.2 Å². The van der Waals surface area contributed by atoms with Gasteiger partial charge in [0.15, 0.2) is 0 Å². The summed E-state index contributed by atoms with van der Waals surface area (Å²) in [5.74, 6) is 0.330. The van der Waals surface area contributed by atoms with E-state index in [1.807, 2.05) is 6.92 Å². The van der Waals surface area contributed by atoms with Crippen molar-refractivity contribution in [3.05, 3.63) is 34.6 Å². The molecule has 0 saturated carbocycles. The molecular weight excluding hydrogens is 249 g/mol. The van der Waals surface area contributed by atoms with Crippen LogP contribution in [0.25, 0.3) is 0 Å². The Morgan fingerprint density at radius 1 is 1.56 bits per heavy atom. The van der Waals surface area contributed by atoms with Crippen LogP contribution in [-0.4, -0.2) is 16.0 Å². The van der Waals surface area contributed by atoms with Gasteiger partial charge < -0.3 is 5.73 Å². The molecule has 2 unspecified atom stereocenters. The van der Waals surface area contributed by atoms with Crippen LogP contribution in [0, 0.1) is 5.82 Å². The monoisotopic (exact) mass is 263 g/mol. The summed E-state index contributed by atoms with van der Waals surface area (Å²) in [6, 6.07) is 4.58. The van der Waals surface area contributed by atoms with Crippen molar-refractivity contribution in [3.63, 3.8) is 0 Å². The molecule has 0 bridgehead atoms. The van der Waals surface area contributed by atoms with Gasteiger partial charge in [0, 0.05) is 22.6 Å². The molecule has 0 aliphatic rings. The van der Waals surface area contributed by atoms with Crippen molar-refractivity contribution in [1.82, 2.24) is 0 Å². The average molecular weight is 264 g/mol. The summed E-state index contributed by atoms with van der Waals surface area (Å²) in [4.78, 5) is 0. The predicted octanol–water partition coefficient (Wildman–Crippen LogP) is 2.47. The first-order valence-corrected chi connectivity index (χ1v) is 6.90. The molecular formula is C11H15ClFNOS.